The standard InChI is InChI=1S/C18H24N2O5/c1-2-15(25-14-10-4-3-5-11-14)17(22)24-12-16(21)20-18(23)19-13-8-6-7-9-13/h3-5,10-11,13,15H,2,6-9,12H2,1H3,(H2,19,20,21,23)/t15-/m1/s1. The molecule has 0 radical (unpaired) electrons. The fraction of sp³-hybridized carbons (Fsp3) is 0.500. The Kier molecular flexibility index (Phi) is 7.25. The third kappa shape index (κ3) is 6.45. The minimum absolute atomic E-state index is 0.110. The van der Waals surface area contributed by atoms with Crippen LogP contribution in [0.3, 0.4) is 0 Å². The van der Waals surface area contributed by atoms with Gasteiger partial charge in [0.2, 0.25) is 0 Å². The highest BCUT2D eigenvalue weighted by Gasteiger charge is 2.22. The summed E-state index contributed by atoms with van der Waals surface area (Å²) in [6, 6.07) is 8.45. The van der Waals surface area contributed by atoms with Crippen LogP contribution in [0.15, 0.2) is 30.3 Å². The Balaban J connectivity index is 1.71. The number of carbonyl (C=O) groups excluding carboxylic acids is 3. The van der Waals surface area contributed by atoms with Gasteiger partial charge >= 0.3 is 12.0 Å². The molecule has 2 N–H and O–H groups in total. The van der Waals surface area contributed by atoms with Crippen molar-refractivity contribution in [2.24, 2.45) is 0 Å². The molecule has 25 heavy (non-hydrogen) atoms. The number of hydrogen-bond donors (Lipinski definition) is 2. The zero-order valence-corrected chi connectivity index (χ0v) is 14.3. The second kappa shape index (κ2) is 9.66. The lowest BCUT2D eigenvalue weighted by atomic mass is 10.2. The van der Waals surface area contributed by atoms with Gasteiger partial charge in [-0.2, -0.15) is 0 Å². The van der Waals surface area contributed by atoms with Crippen molar-refractivity contribution in [3.8, 4) is 5.75 Å². The first-order valence-electron chi connectivity index (χ1n) is 8.57. The highest BCUT2D eigenvalue weighted by molar-refractivity contribution is 5.95. The average Bonchev–Trinajstić information content (AvgIpc) is 3.11. The molecule has 1 saturated carbocycles. The summed E-state index contributed by atoms with van der Waals surface area (Å²) in [4.78, 5) is 35.4. The quantitative estimate of drug-likeness (QED) is 0.737. The monoisotopic (exact) mass is 348 g/mol. The van der Waals surface area contributed by atoms with Gasteiger partial charge in [-0.15, -0.1) is 0 Å². The number of imide groups is 1. The van der Waals surface area contributed by atoms with Crippen molar-refractivity contribution >= 4 is 17.9 Å². The first-order chi connectivity index (χ1) is 12.1. The second-order valence-electron chi connectivity index (χ2n) is 5.94. The lowest BCUT2D eigenvalue weighted by molar-refractivity contribution is -0.155. The van der Waals surface area contributed by atoms with Crippen LogP contribution < -0.4 is 15.4 Å². The maximum Gasteiger partial charge on any atom is 0.347 e. The van der Waals surface area contributed by atoms with Crippen LogP contribution in [0.4, 0.5) is 4.79 Å². The maximum absolute atomic E-state index is 12.0. The first kappa shape index (κ1) is 18.8. The summed E-state index contributed by atoms with van der Waals surface area (Å²) in [5.41, 5.74) is 0. The molecule has 1 atom stereocenters. The summed E-state index contributed by atoms with van der Waals surface area (Å²) in [6.07, 6.45) is 3.60. The van der Waals surface area contributed by atoms with Gasteiger partial charge in [0.25, 0.3) is 5.91 Å². The molecule has 3 amide bonds. The molecule has 0 aromatic heterocycles. The molecule has 1 aromatic rings. The molecule has 1 aliphatic carbocycles. The number of hydrogen-bond acceptors (Lipinski definition) is 5. The largest absolute Gasteiger partial charge is 0.479 e. The van der Waals surface area contributed by atoms with Crippen LogP contribution in [0.2, 0.25) is 0 Å². The predicted molar refractivity (Wildman–Crippen MR) is 91.0 cm³/mol. The van der Waals surface area contributed by atoms with Crippen LogP contribution >= 0.6 is 0 Å². The normalized spacial score (nSPS) is 15.2. The van der Waals surface area contributed by atoms with E-state index in [4.69, 9.17) is 9.47 Å². The first-order valence-corrected chi connectivity index (χ1v) is 8.57. The second-order valence-corrected chi connectivity index (χ2v) is 5.94. The molecule has 0 unspecified atom stereocenters. The van der Waals surface area contributed by atoms with Crippen molar-refractivity contribution in [1.82, 2.24) is 10.6 Å². The van der Waals surface area contributed by atoms with Crippen LogP contribution in [0.1, 0.15) is 39.0 Å². The van der Waals surface area contributed by atoms with Gasteiger partial charge < -0.3 is 14.8 Å². The number of para-hydroxylation sites is 1. The molecule has 7 heteroatoms. The van der Waals surface area contributed by atoms with Crippen molar-refractivity contribution in [3.05, 3.63) is 30.3 Å². The van der Waals surface area contributed by atoms with E-state index in [1.165, 1.54) is 0 Å². The smallest absolute Gasteiger partial charge is 0.347 e. The van der Waals surface area contributed by atoms with Gasteiger partial charge in [0.05, 0.1) is 0 Å². The molecule has 0 aliphatic heterocycles. The topological polar surface area (TPSA) is 93.7 Å². The van der Waals surface area contributed by atoms with Gasteiger partial charge in [0, 0.05) is 6.04 Å². The minimum atomic E-state index is -0.803. The molecule has 0 saturated heterocycles. The Morgan fingerprint density at radius 3 is 2.48 bits per heavy atom. The van der Waals surface area contributed by atoms with E-state index in [1.807, 2.05) is 6.07 Å². The molecular formula is C18H24N2O5. The molecule has 0 bridgehead atoms. The van der Waals surface area contributed by atoms with Gasteiger partial charge in [-0.25, -0.2) is 9.59 Å². The van der Waals surface area contributed by atoms with Crippen molar-refractivity contribution < 1.29 is 23.9 Å². The van der Waals surface area contributed by atoms with Crippen LogP contribution in [-0.4, -0.2) is 36.7 Å². The van der Waals surface area contributed by atoms with Gasteiger partial charge in [-0.1, -0.05) is 38.0 Å². The van der Waals surface area contributed by atoms with E-state index >= 15 is 0 Å². The molecular weight excluding hydrogens is 324 g/mol. The Bertz CT molecular complexity index is 584. The van der Waals surface area contributed by atoms with Gasteiger partial charge in [-0.3, -0.25) is 10.1 Å². The van der Waals surface area contributed by atoms with Crippen molar-refractivity contribution in [2.75, 3.05) is 6.61 Å². The number of amides is 3. The summed E-state index contributed by atoms with van der Waals surface area (Å²) < 4.78 is 10.5. The van der Waals surface area contributed by atoms with Crippen molar-refractivity contribution in [2.45, 2.75) is 51.2 Å². The van der Waals surface area contributed by atoms with Crippen LogP contribution in [-0.2, 0) is 14.3 Å². The van der Waals surface area contributed by atoms with Gasteiger partial charge in [-0.05, 0) is 31.4 Å². The number of nitrogens with one attached hydrogen (secondary N) is 2. The lowest BCUT2D eigenvalue weighted by Crippen LogP contribution is -2.45. The zero-order chi connectivity index (χ0) is 18.1. The van der Waals surface area contributed by atoms with E-state index in [0.717, 1.165) is 25.7 Å². The number of esters is 1. The van der Waals surface area contributed by atoms with E-state index in [1.54, 1.807) is 31.2 Å². The van der Waals surface area contributed by atoms with Gasteiger partial charge in [0.15, 0.2) is 12.7 Å². The number of benzene rings is 1. The number of carbonyl (C=O) groups is 3. The molecule has 2 rings (SSSR count). The third-order valence-corrected chi connectivity index (χ3v) is 3.94. The van der Waals surface area contributed by atoms with E-state index in [2.05, 4.69) is 10.6 Å². The van der Waals surface area contributed by atoms with Crippen LogP contribution in [0.25, 0.3) is 0 Å². The van der Waals surface area contributed by atoms with Crippen molar-refractivity contribution in [3.63, 3.8) is 0 Å². The molecule has 0 heterocycles. The molecule has 7 nitrogen and oxygen atoms in total. The minimum Gasteiger partial charge on any atom is -0.479 e. The van der Waals surface area contributed by atoms with E-state index in [9.17, 15) is 14.4 Å². The SMILES string of the molecule is CC[C@@H](Oc1ccccc1)C(=O)OCC(=O)NC(=O)NC1CCCC1. The lowest BCUT2D eigenvalue weighted by Gasteiger charge is -2.16. The fourth-order valence-corrected chi connectivity index (χ4v) is 2.65. The van der Waals surface area contributed by atoms with Gasteiger partial charge in [0.1, 0.15) is 5.75 Å². The summed E-state index contributed by atoms with van der Waals surface area (Å²) in [6.45, 7) is 1.26. The summed E-state index contributed by atoms with van der Waals surface area (Å²) in [5, 5.41) is 4.89. The fourth-order valence-electron chi connectivity index (χ4n) is 2.65. The molecule has 1 aliphatic rings. The number of ether oxygens (including phenoxy) is 2. The molecule has 1 aromatic carbocycles. The molecule has 0 spiro atoms. The van der Waals surface area contributed by atoms with E-state index in [-0.39, 0.29) is 6.04 Å². The maximum atomic E-state index is 12.0. The Labute approximate surface area is 147 Å². The molecule has 136 valence electrons. The van der Waals surface area contributed by atoms with Crippen LogP contribution in [0.5, 0.6) is 5.75 Å². The van der Waals surface area contributed by atoms with Crippen molar-refractivity contribution in [1.29, 1.82) is 0 Å². The summed E-state index contributed by atoms with van der Waals surface area (Å²) >= 11 is 0. The van der Waals surface area contributed by atoms with E-state index < -0.39 is 30.6 Å². The number of urea groups is 1. The summed E-state index contributed by atoms with van der Waals surface area (Å²) in [7, 11) is 0. The Morgan fingerprint density at radius 2 is 1.84 bits per heavy atom. The zero-order valence-electron chi connectivity index (χ0n) is 14.3. The number of rotatable bonds is 7. The predicted octanol–water partition coefficient (Wildman–Crippen LogP) is 2.16. The Hall–Kier alpha value is -2.57. The molecule has 1 fully saturated rings. The third-order valence-electron chi connectivity index (χ3n) is 3.94. The average molecular weight is 348 g/mol. The highest BCUT2D eigenvalue weighted by Crippen LogP contribution is 2.17. The van der Waals surface area contributed by atoms with E-state index in [0.29, 0.717) is 12.2 Å². The Morgan fingerprint density at radius 1 is 1.16 bits per heavy atom. The summed E-state index contributed by atoms with van der Waals surface area (Å²) in [5.74, 6) is -0.761. The van der Waals surface area contributed by atoms with Crippen LogP contribution in [0, 0.1) is 0 Å². The highest BCUT2D eigenvalue weighted by atomic mass is 16.6.